The minimum Gasteiger partial charge on any atom is -0.513 e. The van der Waals surface area contributed by atoms with Crippen LogP contribution in [0.4, 0.5) is 0 Å². The molecule has 0 aliphatic heterocycles. The van der Waals surface area contributed by atoms with Crippen LogP contribution >= 0.6 is 0 Å². The molecule has 0 amide bonds. The molecule has 3 N–H and O–H groups in total. The minimum absolute atomic E-state index is 0.138. The molecule has 0 radical (unpaired) electrons. The van der Waals surface area contributed by atoms with Crippen LogP contribution < -0.4 is 5.32 Å². The van der Waals surface area contributed by atoms with Gasteiger partial charge in [-0.1, -0.05) is 47.8 Å². The molecule has 102 valence electrons. The highest BCUT2D eigenvalue weighted by Gasteiger charge is 2.27. The first-order chi connectivity index (χ1) is 7.81. The molecule has 0 aliphatic carbocycles. The molecule has 0 spiro atoms. The molecule has 0 aromatic carbocycles. The Labute approximate surface area is 106 Å². The Balaban J connectivity index is 0. The van der Waals surface area contributed by atoms with E-state index in [1.54, 1.807) is 0 Å². The van der Waals surface area contributed by atoms with Crippen molar-refractivity contribution in [3.05, 3.63) is 24.6 Å². The van der Waals surface area contributed by atoms with Gasteiger partial charge in [0.1, 0.15) is 0 Å². The Kier molecular flexibility index (Phi) is 9.86. The Bertz CT molecular complexity index is 234. The van der Waals surface area contributed by atoms with Crippen molar-refractivity contribution in [2.45, 2.75) is 53.6 Å². The third-order valence-electron chi connectivity index (χ3n) is 2.75. The van der Waals surface area contributed by atoms with Crippen LogP contribution in [0.5, 0.6) is 0 Å². The second-order valence-corrected chi connectivity index (χ2v) is 4.51. The quantitative estimate of drug-likeness (QED) is 0.601. The summed E-state index contributed by atoms with van der Waals surface area (Å²) in [4.78, 5) is 0. The highest BCUT2D eigenvalue weighted by Crippen LogP contribution is 2.27. The fourth-order valence-corrected chi connectivity index (χ4v) is 1.13. The van der Waals surface area contributed by atoms with E-state index in [4.69, 9.17) is 5.11 Å². The summed E-state index contributed by atoms with van der Waals surface area (Å²) in [6.07, 6.45) is 0.773. The monoisotopic (exact) mass is 243 g/mol. The molecule has 0 aromatic heterocycles. The molecular formula is C14H29NO2. The molecule has 0 bridgehead atoms. The maximum atomic E-state index is 9.96. The largest absolute Gasteiger partial charge is 0.513 e. The van der Waals surface area contributed by atoms with Crippen molar-refractivity contribution in [1.82, 2.24) is 5.32 Å². The molecule has 0 aromatic rings. The van der Waals surface area contributed by atoms with Crippen molar-refractivity contribution in [2.24, 2.45) is 5.41 Å². The van der Waals surface area contributed by atoms with E-state index in [9.17, 15) is 5.11 Å². The summed E-state index contributed by atoms with van der Waals surface area (Å²) < 4.78 is 0. The first-order valence-corrected chi connectivity index (χ1v) is 6.28. The topological polar surface area (TPSA) is 52.5 Å². The van der Waals surface area contributed by atoms with Crippen LogP contribution in [-0.4, -0.2) is 22.9 Å². The zero-order valence-electron chi connectivity index (χ0n) is 12.0. The van der Waals surface area contributed by atoms with E-state index in [2.05, 4.69) is 18.5 Å². The Morgan fingerprint density at radius 3 is 2.12 bits per heavy atom. The van der Waals surface area contributed by atoms with E-state index in [1.807, 2.05) is 34.6 Å². The Hall–Kier alpha value is -0.960. The lowest BCUT2D eigenvalue weighted by atomic mass is 9.82. The molecule has 0 saturated carbocycles. The Morgan fingerprint density at radius 1 is 1.29 bits per heavy atom. The van der Waals surface area contributed by atoms with Gasteiger partial charge in [-0.15, -0.1) is 0 Å². The summed E-state index contributed by atoms with van der Waals surface area (Å²) in [5.74, 6) is 0.138. The summed E-state index contributed by atoms with van der Waals surface area (Å²) in [6, 6.07) is 0. The number of aliphatic hydroxyl groups is 2. The summed E-state index contributed by atoms with van der Waals surface area (Å²) in [6.45, 7) is 17.7. The predicted molar refractivity (Wildman–Crippen MR) is 75.0 cm³/mol. The maximum Gasteiger partial charge on any atom is 0.0978 e. The second-order valence-electron chi connectivity index (χ2n) is 4.51. The van der Waals surface area contributed by atoms with E-state index in [0.717, 1.165) is 6.42 Å². The van der Waals surface area contributed by atoms with Crippen LogP contribution in [-0.2, 0) is 0 Å². The van der Waals surface area contributed by atoms with E-state index in [0.29, 0.717) is 18.7 Å². The molecule has 3 nitrogen and oxygen atoms in total. The first-order valence-electron chi connectivity index (χ1n) is 6.28. The van der Waals surface area contributed by atoms with Gasteiger partial charge in [-0.2, -0.15) is 0 Å². The molecule has 0 rings (SSSR count). The van der Waals surface area contributed by atoms with Crippen molar-refractivity contribution in [3.63, 3.8) is 0 Å². The van der Waals surface area contributed by atoms with Gasteiger partial charge in [0.05, 0.1) is 11.9 Å². The van der Waals surface area contributed by atoms with Crippen LogP contribution in [0.3, 0.4) is 0 Å². The molecule has 1 atom stereocenters. The predicted octanol–water partition coefficient (Wildman–Crippen LogP) is 3.37. The molecule has 17 heavy (non-hydrogen) atoms. The number of hydrogen-bond donors (Lipinski definition) is 3. The van der Waals surface area contributed by atoms with Gasteiger partial charge >= 0.3 is 0 Å². The van der Waals surface area contributed by atoms with E-state index >= 15 is 0 Å². The van der Waals surface area contributed by atoms with E-state index < -0.39 is 6.10 Å². The molecule has 0 unspecified atom stereocenters. The van der Waals surface area contributed by atoms with Crippen LogP contribution in [0.25, 0.3) is 0 Å². The Morgan fingerprint density at radius 2 is 1.76 bits per heavy atom. The first kappa shape index (κ1) is 18.4. The van der Waals surface area contributed by atoms with Gasteiger partial charge in [0.25, 0.3) is 0 Å². The molecule has 0 saturated heterocycles. The van der Waals surface area contributed by atoms with Crippen LogP contribution in [0, 0.1) is 5.41 Å². The van der Waals surface area contributed by atoms with E-state index in [1.165, 1.54) is 0 Å². The summed E-state index contributed by atoms with van der Waals surface area (Å²) in [5, 5.41) is 21.8. The van der Waals surface area contributed by atoms with Gasteiger partial charge < -0.3 is 15.5 Å². The third kappa shape index (κ3) is 7.86. The van der Waals surface area contributed by atoms with E-state index in [-0.39, 0.29) is 11.2 Å². The molecule has 0 aliphatic rings. The maximum absolute atomic E-state index is 9.96. The molecular weight excluding hydrogens is 214 g/mol. The highest BCUT2D eigenvalue weighted by molar-refractivity contribution is 5.04. The number of nitrogens with one attached hydrogen (secondary N) is 1. The number of aliphatic hydroxyl groups excluding tert-OH is 2. The summed E-state index contributed by atoms with van der Waals surface area (Å²) >= 11 is 0. The third-order valence-corrected chi connectivity index (χ3v) is 2.75. The molecule has 0 fully saturated rings. The van der Waals surface area contributed by atoms with Crippen LogP contribution in [0.1, 0.15) is 47.5 Å². The zero-order valence-corrected chi connectivity index (χ0v) is 12.0. The van der Waals surface area contributed by atoms with Gasteiger partial charge in [0.2, 0.25) is 0 Å². The SMILES string of the molecule is C=C(O)CCNC(=C)[C@H](O)C(C)(C)CC.CC. The fourth-order valence-electron chi connectivity index (χ4n) is 1.13. The normalized spacial score (nSPS) is 12.1. The zero-order chi connectivity index (χ0) is 14.1. The lowest BCUT2D eigenvalue weighted by molar-refractivity contribution is 0.0724. The fraction of sp³-hybridized carbons (Fsp3) is 0.714. The smallest absolute Gasteiger partial charge is 0.0978 e. The van der Waals surface area contributed by atoms with Crippen molar-refractivity contribution >= 4 is 0 Å². The van der Waals surface area contributed by atoms with Gasteiger partial charge in [-0.05, 0) is 11.8 Å². The van der Waals surface area contributed by atoms with Crippen molar-refractivity contribution in [2.75, 3.05) is 6.54 Å². The highest BCUT2D eigenvalue weighted by atomic mass is 16.3. The number of hydrogen-bond acceptors (Lipinski definition) is 3. The number of rotatable bonds is 7. The van der Waals surface area contributed by atoms with Gasteiger partial charge in [0, 0.05) is 18.7 Å². The standard InChI is InChI=1S/C12H23NO2.C2H6/c1-6-12(4,5)11(15)10(3)13-8-7-9(2)14;1-2/h11,13-15H,2-3,6-8H2,1,4-5H3;1-2H3/t11-;/m0./s1. The van der Waals surface area contributed by atoms with Crippen molar-refractivity contribution < 1.29 is 10.2 Å². The average molecular weight is 243 g/mol. The second kappa shape index (κ2) is 9.11. The summed E-state index contributed by atoms with van der Waals surface area (Å²) in [5.41, 5.74) is 0.420. The average Bonchev–Trinajstić information content (AvgIpc) is 2.30. The van der Waals surface area contributed by atoms with Gasteiger partial charge in [-0.25, -0.2) is 0 Å². The lowest BCUT2D eigenvalue weighted by Gasteiger charge is -2.31. The van der Waals surface area contributed by atoms with Crippen LogP contribution in [0.15, 0.2) is 24.6 Å². The van der Waals surface area contributed by atoms with Gasteiger partial charge in [-0.3, -0.25) is 0 Å². The van der Waals surface area contributed by atoms with Crippen molar-refractivity contribution in [3.8, 4) is 0 Å². The molecule has 0 heterocycles. The molecule has 3 heteroatoms. The van der Waals surface area contributed by atoms with Gasteiger partial charge in [0.15, 0.2) is 0 Å². The summed E-state index contributed by atoms with van der Waals surface area (Å²) in [7, 11) is 0. The lowest BCUT2D eigenvalue weighted by Crippen LogP contribution is -2.35. The minimum atomic E-state index is -0.575. The van der Waals surface area contributed by atoms with Crippen molar-refractivity contribution in [1.29, 1.82) is 0 Å². The van der Waals surface area contributed by atoms with Crippen LogP contribution in [0.2, 0.25) is 0 Å².